The maximum absolute atomic E-state index is 5.94. The highest BCUT2D eigenvalue weighted by atomic mass is 14.6. The maximum Gasteiger partial charge on any atom is 0.0414 e. The number of hydrogen-bond acceptors (Lipinski definition) is 2. The minimum atomic E-state index is 0.796. The maximum atomic E-state index is 5.94. The summed E-state index contributed by atoms with van der Waals surface area (Å²) in [6.45, 7) is 0. The predicted octanol–water partition coefficient (Wildman–Crippen LogP) is 2.10. The molecule has 0 aliphatic heterocycles. The topological polar surface area (TPSA) is 52.0 Å². The highest BCUT2D eigenvalue weighted by Crippen LogP contribution is 2.37. The van der Waals surface area contributed by atoms with Crippen LogP contribution in [0.4, 0.5) is 11.4 Å². The third kappa shape index (κ3) is 0.803. The SMILES string of the molecule is Nc1ccc2c3c(ccc(N)c13)CC2. The Bertz CT molecular complexity index is 485. The number of nitrogen functional groups attached to an aromatic ring is 2. The second kappa shape index (κ2) is 2.41. The smallest absolute Gasteiger partial charge is 0.0414 e. The van der Waals surface area contributed by atoms with Crippen LogP contribution in [-0.2, 0) is 12.8 Å². The Labute approximate surface area is 82.5 Å². The van der Waals surface area contributed by atoms with Crippen LogP contribution in [0.15, 0.2) is 24.3 Å². The Morgan fingerprint density at radius 2 is 1.21 bits per heavy atom. The van der Waals surface area contributed by atoms with E-state index in [9.17, 15) is 0 Å². The zero-order chi connectivity index (χ0) is 9.71. The molecule has 0 aromatic heterocycles. The summed E-state index contributed by atoms with van der Waals surface area (Å²) < 4.78 is 0. The first-order valence-corrected chi connectivity index (χ1v) is 4.86. The molecule has 14 heavy (non-hydrogen) atoms. The molecule has 2 nitrogen and oxygen atoms in total. The number of hydrogen-bond donors (Lipinski definition) is 2. The van der Waals surface area contributed by atoms with Gasteiger partial charge in [-0.15, -0.1) is 0 Å². The normalized spacial score (nSPS) is 13.7. The van der Waals surface area contributed by atoms with Crippen LogP contribution in [0, 0.1) is 0 Å². The molecule has 0 fully saturated rings. The molecule has 0 spiro atoms. The average Bonchev–Trinajstić information content (AvgIpc) is 2.58. The quantitative estimate of drug-likeness (QED) is 0.616. The van der Waals surface area contributed by atoms with E-state index in [1.165, 1.54) is 16.5 Å². The summed E-state index contributed by atoms with van der Waals surface area (Å²) in [5, 5.41) is 2.35. The first-order valence-electron chi connectivity index (χ1n) is 4.86. The number of rotatable bonds is 0. The summed E-state index contributed by atoms with van der Waals surface area (Å²) in [5.74, 6) is 0. The van der Waals surface area contributed by atoms with E-state index in [0.717, 1.165) is 29.6 Å². The zero-order valence-corrected chi connectivity index (χ0v) is 7.88. The third-order valence-corrected chi connectivity index (χ3v) is 3.06. The van der Waals surface area contributed by atoms with Crippen LogP contribution in [0.2, 0.25) is 0 Å². The van der Waals surface area contributed by atoms with Gasteiger partial charge in [0, 0.05) is 16.8 Å². The van der Waals surface area contributed by atoms with Crippen LogP contribution in [0.5, 0.6) is 0 Å². The molecule has 3 rings (SSSR count). The van der Waals surface area contributed by atoms with Crippen molar-refractivity contribution in [2.45, 2.75) is 12.8 Å². The van der Waals surface area contributed by atoms with Gasteiger partial charge in [-0.2, -0.15) is 0 Å². The van der Waals surface area contributed by atoms with Gasteiger partial charge in [-0.1, -0.05) is 12.1 Å². The van der Waals surface area contributed by atoms with Crippen LogP contribution in [0.1, 0.15) is 11.1 Å². The lowest BCUT2D eigenvalue weighted by atomic mass is 10.0. The number of benzene rings is 2. The minimum absolute atomic E-state index is 0.796. The third-order valence-electron chi connectivity index (χ3n) is 3.06. The Morgan fingerprint density at radius 3 is 1.71 bits per heavy atom. The predicted molar refractivity (Wildman–Crippen MR) is 60.2 cm³/mol. The fraction of sp³-hybridized carbons (Fsp3) is 0.167. The molecule has 0 saturated carbocycles. The van der Waals surface area contributed by atoms with Crippen molar-refractivity contribution >= 4 is 22.1 Å². The van der Waals surface area contributed by atoms with Crippen molar-refractivity contribution < 1.29 is 0 Å². The number of aryl methyl sites for hydroxylation is 2. The summed E-state index contributed by atoms with van der Waals surface area (Å²) in [4.78, 5) is 0. The van der Waals surface area contributed by atoms with E-state index < -0.39 is 0 Å². The average molecular weight is 184 g/mol. The highest BCUT2D eigenvalue weighted by Gasteiger charge is 2.16. The first-order chi connectivity index (χ1) is 6.77. The van der Waals surface area contributed by atoms with Crippen LogP contribution >= 0.6 is 0 Å². The second-order valence-corrected chi connectivity index (χ2v) is 3.88. The molecular weight excluding hydrogens is 172 g/mol. The molecule has 70 valence electrons. The summed E-state index contributed by atoms with van der Waals surface area (Å²) in [6, 6.07) is 8.16. The summed E-state index contributed by atoms with van der Waals surface area (Å²) in [5.41, 5.74) is 16.2. The van der Waals surface area contributed by atoms with Crippen molar-refractivity contribution in [3.63, 3.8) is 0 Å². The van der Waals surface area contributed by atoms with E-state index in [1.54, 1.807) is 0 Å². The second-order valence-electron chi connectivity index (χ2n) is 3.88. The molecule has 0 atom stereocenters. The van der Waals surface area contributed by atoms with Gasteiger partial charge < -0.3 is 11.5 Å². The minimum Gasteiger partial charge on any atom is -0.398 e. The van der Waals surface area contributed by atoms with Crippen molar-refractivity contribution in [2.75, 3.05) is 11.5 Å². The van der Waals surface area contributed by atoms with Crippen LogP contribution < -0.4 is 11.5 Å². The van der Waals surface area contributed by atoms with Crippen molar-refractivity contribution in [3.05, 3.63) is 35.4 Å². The van der Waals surface area contributed by atoms with E-state index in [0.29, 0.717) is 0 Å². The number of nitrogens with two attached hydrogens (primary N) is 2. The van der Waals surface area contributed by atoms with Crippen LogP contribution in [0.25, 0.3) is 10.8 Å². The van der Waals surface area contributed by atoms with E-state index in [4.69, 9.17) is 11.5 Å². The van der Waals surface area contributed by atoms with Gasteiger partial charge in [0.15, 0.2) is 0 Å². The Hall–Kier alpha value is -1.70. The van der Waals surface area contributed by atoms with Crippen molar-refractivity contribution in [3.8, 4) is 0 Å². The van der Waals surface area contributed by atoms with E-state index in [-0.39, 0.29) is 0 Å². The van der Waals surface area contributed by atoms with E-state index in [2.05, 4.69) is 12.1 Å². The van der Waals surface area contributed by atoms with E-state index >= 15 is 0 Å². The van der Waals surface area contributed by atoms with Crippen LogP contribution in [-0.4, -0.2) is 0 Å². The van der Waals surface area contributed by atoms with Gasteiger partial charge in [0.25, 0.3) is 0 Å². The van der Waals surface area contributed by atoms with Gasteiger partial charge >= 0.3 is 0 Å². The largest absolute Gasteiger partial charge is 0.398 e. The molecule has 2 heteroatoms. The molecule has 2 aromatic rings. The summed E-state index contributed by atoms with van der Waals surface area (Å²) >= 11 is 0. The molecule has 2 aromatic carbocycles. The van der Waals surface area contributed by atoms with Gasteiger partial charge in [-0.25, -0.2) is 0 Å². The fourth-order valence-corrected chi connectivity index (χ4v) is 2.38. The monoisotopic (exact) mass is 184 g/mol. The Balaban J connectivity index is 2.60. The van der Waals surface area contributed by atoms with Crippen molar-refractivity contribution in [1.29, 1.82) is 0 Å². The summed E-state index contributed by atoms with van der Waals surface area (Å²) in [6.07, 6.45) is 2.24. The molecule has 0 radical (unpaired) electrons. The van der Waals surface area contributed by atoms with Gasteiger partial charge in [0.05, 0.1) is 0 Å². The Kier molecular flexibility index (Phi) is 1.32. The molecule has 1 aliphatic carbocycles. The molecule has 1 aliphatic rings. The molecule has 0 unspecified atom stereocenters. The van der Waals surface area contributed by atoms with Gasteiger partial charge in [-0.05, 0) is 41.5 Å². The zero-order valence-electron chi connectivity index (χ0n) is 7.88. The first kappa shape index (κ1) is 7.68. The van der Waals surface area contributed by atoms with Crippen molar-refractivity contribution in [1.82, 2.24) is 0 Å². The lowest BCUT2D eigenvalue weighted by Gasteiger charge is -2.07. The Morgan fingerprint density at radius 1 is 0.714 bits per heavy atom. The fourth-order valence-electron chi connectivity index (χ4n) is 2.38. The highest BCUT2D eigenvalue weighted by molar-refractivity contribution is 6.05. The van der Waals surface area contributed by atoms with E-state index in [1.807, 2.05) is 12.1 Å². The lowest BCUT2D eigenvalue weighted by Crippen LogP contribution is -1.94. The molecule has 0 saturated heterocycles. The van der Waals surface area contributed by atoms with Gasteiger partial charge in [0.2, 0.25) is 0 Å². The van der Waals surface area contributed by atoms with Gasteiger partial charge in [-0.3, -0.25) is 0 Å². The van der Waals surface area contributed by atoms with Crippen molar-refractivity contribution in [2.24, 2.45) is 0 Å². The lowest BCUT2D eigenvalue weighted by molar-refractivity contribution is 1.02. The van der Waals surface area contributed by atoms with Crippen LogP contribution in [0.3, 0.4) is 0 Å². The molecular formula is C12H12N2. The molecule has 0 heterocycles. The standard InChI is InChI=1S/C12H12N2/c13-9-5-3-7-1-2-8-4-6-10(14)12(9)11(7)8/h3-6H,1-2,13-14H2. The summed E-state index contributed by atoms with van der Waals surface area (Å²) in [7, 11) is 0. The van der Waals surface area contributed by atoms with Gasteiger partial charge in [0.1, 0.15) is 0 Å². The molecule has 4 N–H and O–H groups in total. The number of anilines is 2. The molecule has 0 amide bonds. The molecule has 0 bridgehead atoms.